The van der Waals surface area contributed by atoms with E-state index in [1.807, 2.05) is 56.3 Å². The molecule has 0 aliphatic carbocycles. The van der Waals surface area contributed by atoms with Crippen LogP contribution in [0.2, 0.25) is 0 Å². The van der Waals surface area contributed by atoms with Crippen LogP contribution in [0, 0.1) is 18.8 Å². The lowest BCUT2D eigenvalue weighted by molar-refractivity contribution is -0.140. The van der Waals surface area contributed by atoms with E-state index in [9.17, 15) is 14.4 Å². The molecular formula is C27H34N2O4. The Balaban J connectivity index is 1.92. The fraction of sp³-hybridized carbons (Fsp3) is 0.444. The minimum absolute atomic E-state index is 0.323. The first-order valence-electron chi connectivity index (χ1n) is 11.5. The van der Waals surface area contributed by atoms with Gasteiger partial charge >= 0.3 is 0 Å². The summed E-state index contributed by atoms with van der Waals surface area (Å²) in [6.45, 7) is 7.83. The molecule has 33 heavy (non-hydrogen) atoms. The Kier molecular flexibility index (Phi) is 8.03. The molecule has 0 aromatic heterocycles. The van der Waals surface area contributed by atoms with Gasteiger partial charge < -0.3 is 14.5 Å². The second-order valence-electron chi connectivity index (χ2n) is 9.40. The highest BCUT2D eigenvalue weighted by molar-refractivity contribution is 6.44. The molecular weight excluding hydrogens is 416 g/mol. The Morgan fingerprint density at radius 3 is 2.39 bits per heavy atom. The third kappa shape index (κ3) is 5.69. The summed E-state index contributed by atoms with van der Waals surface area (Å²) in [6.07, 6.45) is 0.720. The molecule has 0 N–H and O–H groups in total. The molecule has 0 spiro atoms. The average molecular weight is 451 g/mol. The van der Waals surface area contributed by atoms with Crippen LogP contribution in [0.15, 0.2) is 48.5 Å². The van der Waals surface area contributed by atoms with Crippen LogP contribution >= 0.6 is 0 Å². The van der Waals surface area contributed by atoms with Gasteiger partial charge in [0.25, 0.3) is 5.91 Å². The topological polar surface area (TPSA) is 66.9 Å². The lowest BCUT2D eigenvalue weighted by atomic mass is 9.86. The molecule has 3 rings (SSSR count). The fourth-order valence-electron chi connectivity index (χ4n) is 4.21. The first kappa shape index (κ1) is 24.6. The van der Waals surface area contributed by atoms with E-state index in [4.69, 9.17) is 4.74 Å². The highest BCUT2D eigenvalue weighted by atomic mass is 16.5. The number of Topliss-reactive ketones (excluding diaryl/α,β-unsaturated/α-hetero) is 2. The average Bonchev–Trinajstić information content (AvgIpc) is 3.03. The number of hydrogen-bond donors (Lipinski definition) is 0. The second-order valence-corrected chi connectivity index (χ2v) is 9.40. The van der Waals surface area contributed by atoms with Crippen molar-refractivity contribution in [1.82, 2.24) is 9.80 Å². The number of nitrogens with zero attached hydrogens (tertiary/aromatic N) is 2. The number of ketones is 2. The Bertz CT molecular complexity index is 1000. The van der Waals surface area contributed by atoms with E-state index in [0.29, 0.717) is 24.6 Å². The van der Waals surface area contributed by atoms with Gasteiger partial charge in [-0.15, -0.1) is 0 Å². The van der Waals surface area contributed by atoms with Gasteiger partial charge in [0.1, 0.15) is 11.7 Å². The van der Waals surface area contributed by atoms with Crippen molar-refractivity contribution in [3.05, 3.63) is 65.2 Å². The molecule has 1 saturated heterocycles. The summed E-state index contributed by atoms with van der Waals surface area (Å²) in [4.78, 5) is 43.3. The van der Waals surface area contributed by atoms with Crippen LogP contribution in [0.3, 0.4) is 0 Å². The van der Waals surface area contributed by atoms with E-state index in [-0.39, 0.29) is 5.78 Å². The van der Waals surface area contributed by atoms with Crippen molar-refractivity contribution >= 4 is 17.5 Å². The Morgan fingerprint density at radius 2 is 1.79 bits per heavy atom. The minimum Gasteiger partial charge on any atom is -0.493 e. The molecule has 1 aliphatic heterocycles. The maximum absolute atomic E-state index is 13.6. The third-order valence-electron chi connectivity index (χ3n) is 5.87. The lowest BCUT2D eigenvalue weighted by Gasteiger charge is -2.27. The number of benzene rings is 2. The summed E-state index contributed by atoms with van der Waals surface area (Å²) < 4.78 is 5.82. The van der Waals surface area contributed by atoms with Gasteiger partial charge in [-0.3, -0.25) is 14.4 Å². The van der Waals surface area contributed by atoms with E-state index in [2.05, 4.69) is 13.8 Å². The number of likely N-dealkylation sites (tertiary alicyclic amines) is 1. The van der Waals surface area contributed by atoms with E-state index in [1.165, 1.54) is 0 Å². The standard InChI is InChI=1S/C27H34N2O4/c1-18(2)17-33-22-13-12-21(16-19(22)3)25(30)23-24(20-10-7-6-8-11-20)29(27(32)26(23)31)15-9-14-28(4)5/h6-8,10-13,16,18,23-24H,9,14-15,17H2,1-5H3. The molecule has 1 heterocycles. The summed E-state index contributed by atoms with van der Waals surface area (Å²) in [5.74, 6) is -1.47. The van der Waals surface area contributed by atoms with Crippen molar-refractivity contribution in [2.45, 2.75) is 33.2 Å². The maximum atomic E-state index is 13.6. The Morgan fingerprint density at radius 1 is 1.09 bits per heavy atom. The van der Waals surface area contributed by atoms with Gasteiger partial charge in [0.05, 0.1) is 12.6 Å². The largest absolute Gasteiger partial charge is 0.493 e. The summed E-state index contributed by atoms with van der Waals surface area (Å²) in [5.41, 5.74) is 2.05. The van der Waals surface area contributed by atoms with E-state index < -0.39 is 23.7 Å². The summed E-state index contributed by atoms with van der Waals surface area (Å²) in [6, 6.07) is 14.0. The summed E-state index contributed by atoms with van der Waals surface area (Å²) in [7, 11) is 3.93. The molecule has 1 fully saturated rings. The molecule has 0 radical (unpaired) electrons. The molecule has 0 saturated carbocycles. The van der Waals surface area contributed by atoms with Crippen molar-refractivity contribution in [1.29, 1.82) is 0 Å². The quantitative estimate of drug-likeness (QED) is 0.312. The number of hydrogen-bond acceptors (Lipinski definition) is 5. The normalized spacial score (nSPS) is 18.5. The van der Waals surface area contributed by atoms with Gasteiger partial charge in [0.2, 0.25) is 5.78 Å². The molecule has 176 valence electrons. The van der Waals surface area contributed by atoms with Crippen LogP contribution < -0.4 is 4.74 Å². The smallest absolute Gasteiger partial charge is 0.291 e. The van der Waals surface area contributed by atoms with Gasteiger partial charge in [-0.2, -0.15) is 0 Å². The highest BCUT2D eigenvalue weighted by Gasteiger charge is 2.51. The van der Waals surface area contributed by atoms with E-state index in [0.717, 1.165) is 29.8 Å². The van der Waals surface area contributed by atoms with Crippen molar-refractivity contribution in [3.8, 4) is 5.75 Å². The molecule has 2 atom stereocenters. The first-order chi connectivity index (χ1) is 15.7. The molecule has 1 amide bonds. The second kappa shape index (κ2) is 10.8. The SMILES string of the molecule is Cc1cc(C(=O)C2C(=O)C(=O)N(CCCN(C)C)C2c2ccccc2)ccc1OCC(C)C. The number of rotatable bonds is 10. The van der Waals surface area contributed by atoms with Crippen LogP contribution in [0.25, 0.3) is 0 Å². The summed E-state index contributed by atoms with van der Waals surface area (Å²) >= 11 is 0. The molecule has 2 unspecified atom stereocenters. The van der Waals surface area contributed by atoms with Crippen LogP contribution in [-0.2, 0) is 9.59 Å². The summed E-state index contributed by atoms with van der Waals surface area (Å²) in [5, 5.41) is 0. The van der Waals surface area contributed by atoms with Crippen molar-refractivity contribution in [3.63, 3.8) is 0 Å². The van der Waals surface area contributed by atoms with Gasteiger partial charge in [-0.05, 0) is 69.2 Å². The molecule has 1 aliphatic rings. The van der Waals surface area contributed by atoms with Gasteiger partial charge in [-0.1, -0.05) is 44.2 Å². The molecule has 6 heteroatoms. The minimum atomic E-state index is -1.05. The number of carbonyl (C=O) groups is 3. The van der Waals surface area contributed by atoms with Gasteiger partial charge in [0.15, 0.2) is 5.78 Å². The van der Waals surface area contributed by atoms with Crippen LogP contribution in [0.4, 0.5) is 0 Å². The molecule has 2 aromatic rings. The molecule has 6 nitrogen and oxygen atoms in total. The predicted molar refractivity (Wildman–Crippen MR) is 128 cm³/mol. The van der Waals surface area contributed by atoms with Gasteiger partial charge in [-0.25, -0.2) is 0 Å². The number of carbonyl (C=O) groups excluding carboxylic acids is 3. The van der Waals surface area contributed by atoms with Gasteiger partial charge in [0, 0.05) is 12.1 Å². The van der Waals surface area contributed by atoms with Crippen LogP contribution in [0.5, 0.6) is 5.75 Å². The zero-order valence-corrected chi connectivity index (χ0v) is 20.2. The Labute approximate surface area is 196 Å². The molecule has 2 aromatic carbocycles. The predicted octanol–water partition coefficient (Wildman–Crippen LogP) is 3.93. The third-order valence-corrected chi connectivity index (χ3v) is 5.87. The Hall–Kier alpha value is -2.99. The first-order valence-corrected chi connectivity index (χ1v) is 11.5. The highest BCUT2D eigenvalue weighted by Crippen LogP contribution is 2.38. The van der Waals surface area contributed by atoms with E-state index in [1.54, 1.807) is 23.1 Å². The zero-order chi connectivity index (χ0) is 24.1. The fourth-order valence-corrected chi connectivity index (χ4v) is 4.21. The molecule has 0 bridgehead atoms. The van der Waals surface area contributed by atoms with E-state index >= 15 is 0 Å². The van der Waals surface area contributed by atoms with Crippen LogP contribution in [-0.4, -0.2) is 61.1 Å². The van der Waals surface area contributed by atoms with Crippen molar-refractivity contribution < 1.29 is 19.1 Å². The van der Waals surface area contributed by atoms with Crippen molar-refractivity contribution in [2.75, 3.05) is 33.8 Å². The zero-order valence-electron chi connectivity index (χ0n) is 20.2. The lowest BCUT2D eigenvalue weighted by Crippen LogP contribution is -2.33. The maximum Gasteiger partial charge on any atom is 0.291 e. The van der Waals surface area contributed by atoms with Crippen molar-refractivity contribution in [2.24, 2.45) is 11.8 Å². The monoisotopic (exact) mass is 450 g/mol. The van der Waals surface area contributed by atoms with Crippen LogP contribution in [0.1, 0.15) is 47.8 Å². The number of amides is 1. The number of aryl methyl sites for hydroxylation is 1. The number of ether oxygens (including phenoxy) is 1.